The first-order chi connectivity index (χ1) is 14.7. The molecule has 3 N–H and O–H groups in total. The number of esters is 1. The molecule has 0 spiro atoms. The van der Waals surface area contributed by atoms with Crippen LogP contribution < -0.4 is 10.6 Å². The fourth-order valence-electron chi connectivity index (χ4n) is 2.51. The van der Waals surface area contributed by atoms with Gasteiger partial charge >= 0.3 is 18.2 Å². The molecule has 32 heavy (non-hydrogen) atoms. The number of carbonyl (C=O) groups is 3. The van der Waals surface area contributed by atoms with E-state index in [1.54, 1.807) is 41.5 Å². The molecule has 0 saturated carbocycles. The maximum absolute atomic E-state index is 12.5. The van der Waals surface area contributed by atoms with Gasteiger partial charge in [0.1, 0.15) is 23.9 Å². The summed E-state index contributed by atoms with van der Waals surface area (Å²) in [5.74, 6) is -0.634. The monoisotopic (exact) mass is 452 g/mol. The lowest BCUT2D eigenvalue weighted by Gasteiger charge is -2.26. The summed E-state index contributed by atoms with van der Waals surface area (Å²) in [5.41, 5.74) is -0.628. The molecular formula is C23H36N2O7. The second-order valence-corrected chi connectivity index (χ2v) is 9.41. The molecule has 0 bridgehead atoms. The lowest BCUT2D eigenvalue weighted by Crippen LogP contribution is -2.46. The van der Waals surface area contributed by atoms with Gasteiger partial charge in [0.2, 0.25) is 0 Å². The number of carbonyl (C=O) groups excluding carboxylic acids is 3. The third kappa shape index (κ3) is 12.8. The first kappa shape index (κ1) is 27.2. The maximum atomic E-state index is 12.5. The van der Waals surface area contributed by atoms with Crippen LogP contribution in [0, 0.1) is 0 Å². The number of aliphatic hydroxyl groups is 1. The lowest BCUT2D eigenvalue weighted by molar-refractivity contribution is -0.157. The van der Waals surface area contributed by atoms with Gasteiger partial charge in [-0.2, -0.15) is 0 Å². The van der Waals surface area contributed by atoms with Crippen molar-refractivity contribution in [2.75, 3.05) is 6.54 Å². The number of rotatable bonds is 9. The van der Waals surface area contributed by atoms with Crippen LogP contribution in [0.25, 0.3) is 0 Å². The smallest absolute Gasteiger partial charge is 0.408 e. The van der Waals surface area contributed by atoms with E-state index in [1.165, 1.54) is 0 Å². The molecule has 9 heteroatoms. The van der Waals surface area contributed by atoms with E-state index in [-0.39, 0.29) is 26.0 Å². The van der Waals surface area contributed by atoms with Crippen LogP contribution >= 0.6 is 0 Å². The molecule has 180 valence electrons. The zero-order chi connectivity index (χ0) is 24.4. The summed E-state index contributed by atoms with van der Waals surface area (Å²) < 4.78 is 15.6. The Hall–Kier alpha value is -2.81. The molecule has 0 fully saturated rings. The van der Waals surface area contributed by atoms with Crippen molar-refractivity contribution >= 4 is 18.2 Å². The van der Waals surface area contributed by atoms with Crippen molar-refractivity contribution in [2.45, 2.75) is 84.3 Å². The number of ether oxygens (including phenoxy) is 3. The number of hydrogen-bond donors (Lipinski definition) is 3. The van der Waals surface area contributed by atoms with Crippen LogP contribution in [0.2, 0.25) is 0 Å². The topological polar surface area (TPSA) is 123 Å². The average Bonchev–Trinajstić information content (AvgIpc) is 2.65. The molecule has 9 nitrogen and oxygen atoms in total. The first-order valence-corrected chi connectivity index (χ1v) is 10.6. The van der Waals surface area contributed by atoms with Crippen molar-refractivity contribution in [2.24, 2.45) is 0 Å². The Morgan fingerprint density at radius 3 is 2.06 bits per heavy atom. The Bertz CT molecular complexity index is 739. The first-order valence-electron chi connectivity index (χ1n) is 10.6. The normalized spacial score (nSPS) is 13.5. The standard InChI is InChI=1S/C23H36N2O7/c1-22(2,3)31-19(27)18(25-21(29)32-23(4,5)6)13-12-17(26)14-24-20(28)30-15-16-10-8-7-9-11-16/h7-11,17-18,26H,12-15H2,1-6H3,(H,24,28)(H,25,29)/t17-,18+/m1/s1. The van der Waals surface area contributed by atoms with E-state index in [1.807, 2.05) is 30.3 Å². The lowest BCUT2D eigenvalue weighted by atomic mass is 10.1. The molecule has 0 unspecified atom stereocenters. The fourth-order valence-corrected chi connectivity index (χ4v) is 2.51. The minimum atomic E-state index is -1.01. The molecule has 0 radical (unpaired) electrons. The number of amides is 2. The second kappa shape index (κ2) is 12.3. The number of aliphatic hydroxyl groups excluding tert-OH is 1. The molecule has 0 heterocycles. The molecule has 1 aromatic rings. The molecule has 0 aliphatic carbocycles. The number of benzene rings is 1. The van der Waals surface area contributed by atoms with E-state index in [2.05, 4.69) is 10.6 Å². The van der Waals surface area contributed by atoms with E-state index < -0.39 is 41.5 Å². The van der Waals surface area contributed by atoms with Crippen molar-refractivity contribution in [3.63, 3.8) is 0 Å². The van der Waals surface area contributed by atoms with Crippen LogP contribution in [0.15, 0.2) is 30.3 Å². The largest absolute Gasteiger partial charge is 0.458 e. The van der Waals surface area contributed by atoms with Gasteiger partial charge < -0.3 is 30.0 Å². The molecule has 0 saturated heterocycles. The zero-order valence-electron chi connectivity index (χ0n) is 19.8. The Morgan fingerprint density at radius 1 is 0.906 bits per heavy atom. The zero-order valence-corrected chi connectivity index (χ0v) is 19.8. The number of hydrogen-bond acceptors (Lipinski definition) is 7. The molecule has 2 atom stereocenters. The van der Waals surface area contributed by atoms with Gasteiger partial charge in [-0.25, -0.2) is 14.4 Å². The van der Waals surface area contributed by atoms with Crippen LogP contribution in [0.1, 0.15) is 59.9 Å². The third-order valence-corrected chi connectivity index (χ3v) is 3.87. The van der Waals surface area contributed by atoms with Crippen molar-refractivity contribution in [1.82, 2.24) is 10.6 Å². The third-order valence-electron chi connectivity index (χ3n) is 3.87. The molecular weight excluding hydrogens is 416 g/mol. The minimum Gasteiger partial charge on any atom is -0.458 e. The van der Waals surface area contributed by atoms with Crippen LogP contribution in [0.5, 0.6) is 0 Å². The number of nitrogens with one attached hydrogen (secondary N) is 2. The summed E-state index contributed by atoms with van der Waals surface area (Å²) in [6.45, 7) is 10.3. The highest BCUT2D eigenvalue weighted by molar-refractivity contribution is 5.81. The Morgan fingerprint density at radius 2 is 1.50 bits per heavy atom. The van der Waals surface area contributed by atoms with E-state index in [0.29, 0.717) is 0 Å². The van der Waals surface area contributed by atoms with Gasteiger partial charge in [0.05, 0.1) is 6.10 Å². The van der Waals surface area contributed by atoms with Gasteiger partial charge in [-0.1, -0.05) is 30.3 Å². The quantitative estimate of drug-likeness (QED) is 0.388. The second-order valence-electron chi connectivity index (χ2n) is 9.41. The Labute approximate surface area is 189 Å². The van der Waals surface area contributed by atoms with Crippen molar-refractivity contribution in [3.05, 3.63) is 35.9 Å². The van der Waals surface area contributed by atoms with Gasteiger partial charge in [0.25, 0.3) is 0 Å². The highest BCUT2D eigenvalue weighted by atomic mass is 16.6. The van der Waals surface area contributed by atoms with Crippen molar-refractivity contribution < 1.29 is 33.7 Å². The van der Waals surface area contributed by atoms with Crippen LogP contribution in [0.3, 0.4) is 0 Å². The van der Waals surface area contributed by atoms with Crippen molar-refractivity contribution in [1.29, 1.82) is 0 Å². The summed E-state index contributed by atoms with van der Waals surface area (Å²) in [5, 5.41) is 15.2. The molecule has 1 rings (SSSR count). The minimum absolute atomic E-state index is 0.0684. The summed E-state index contributed by atoms with van der Waals surface area (Å²) in [7, 11) is 0. The van der Waals surface area contributed by atoms with Gasteiger partial charge in [-0.15, -0.1) is 0 Å². The van der Waals surface area contributed by atoms with Gasteiger partial charge in [0, 0.05) is 6.54 Å². The SMILES string of the molecule is CC(C)(C)OC(=O)N[C@@H](CC[C@@H](O)CNC(=O)OCc1ccccc1)C(=O)OC(C)(C)C. The highest BCUT2D eigenvalue weighted by Crippen LogP contribution is 2.13. The maximum Gasteiger partial charge on any atom is 0.408 e. The number of alkyl carbamates (subject to hydrolysis) is 2. The Balaban J connectivity index is 2.52. The summed E-state index contributed by atoms with van der Waals surface area (Å²) >= 11 is 0. The van der Waals surface area contributed by atoms with E-state index in [4.69, 9.17) is 14.2 Å². The molecule has 0 aliphatic rings. The predicted molar refractivity (Wildman–Crippen MR) is 119 cm³/mol. The van der Waals surface area contributed by atoms with Crippen LogP contribution in [0.4, 0.5) is 9.59 Å². The molecule has 2 amide bonds. The Kier molecular flexibility index (Phi) is 10.5. The van der Waals surface area contributed by atoms with E-state index in [9.17, 15) is 19.5 Å². The van der Waals surface area contributed by atoms with E-state index in [0.717, 1.165) is 5.56 Å². The predicted octanol–water partition coefficient (Wildman–Crippen LogP) is 3.29. The van der Waals surface area contributed by atoms with Crippen LogP contribution in [-0.2, 0) is 25.6 Å². The van der Waals surface area contributed by atoms with Crippen molar-refractivity contribution in [3.8, 4) is 0 Å². The van der Waals surface area contributed by atoms with Gasteiger partial charge in [-0.3, -0.25) is 0 Å². The average molecular weight is 453 g/mol. The fraction of sp³-hybridized carbons (Fsp3) is 0.609. The van der Waals surface area contributed by atoms with Gasteiger partial charge in [-0.05, 0) is 59.9 Å². The summed E-state index contributed by atoms with van der Waals surface area (Å²) in [6, 6.07) is 8.19. The van der Waals surface area contributed by atoms with E-state index >= 15 is 0 Å². The summed E-state index contributed by atoms with van der Waals surface area (Å²) in [4.78, 5) is 36.4. The molecule has 0 aromatic heterocycles. The summed E-state index contributed by atoms with van der Waals surface area (Å²) in [6.07, 6.45) is -2.16. The van der Waals surface area contributed by atoms with Gasteiger partial charge in [0.15, 0.2) is 0 Å². The highest BCUT2D eigenvalue weighted by Gasteiger charge is 2.29. The molecule has 1 aromatic carbocycles. The van der Waals surface area contributed by atoms with Crippen LogP contribution in [-0.4, -0.2) is 53.2 Å². The molecule has 0 aliphatic heterocycles.